The van der Waals surface area contributed by atoms with Crippen LogP contribution in [0, 0.1) is 0 Å². The molecule has 1 unspecified atom stereocenters. The highest BCUT2D eigenvalue weighted by Gasteiger charge is 2.19. The number of esters is 3. The quantitative estimate of drug-likeness (QED) is 0.0261. The summed E-state index contributed by atoms with van der Waals surface area (Å²) in [6, 6.07) is 0. The van der Waals surface area contributed by atoms with E-state index in [1.165, 1.54) is 218 Å². The van der Waals surface area contributed by atoms with Crippen molar-refractivity contribution in [3.05, 3.63) is 36.5 Å². The second-order valence-electron chi connectivity index (χ2n) is 20.6. The Kier molecular flexibility index (Phi) is 56.2. The summed E-state index contributed by atoms with van der Waals surface area (Å²) in [4.78, 5) is 38.1. The molecule has 0 bridgehead atoms. The van der Waals surface area contributed by atoms with Crippen molar-refractivity contribution in [1.82, 2.24) is 0 Å². The van der Waals surface area contributed by atoms with Gasteiger partial charge in [-0.1, -0.05) is 256 Å². The van der Waals surface area contributed by atoms with Crippen LogP contribution in [0.15, 0.2) is 36.5 Å². The highest BCUT2D eigenvalue weighted by molar-refractivity contribution is 5.71. The van der Waals surface area contributed by atoms with Crippen LogP contribution in [-0.2, 0) is 28.6 Å². The van der Waals surface area contributed by atoms with E-state index in [-0.39, 0.29) is 31.1 Å². The predicted molar refractivity (Wildman–Crippen MR) is 298 cm³/mol. The van der Waals surface area contributed by atoms with Gasteiger partial charge in [0.15, 0.2) is 6.10 Å². The SMILES string of the molecule is CCC/C=C\CCCCCCCC(=O)OCC(COC(=O)CCCCCCCCCCCCC/C=C\CCCCCCCCCC)OC(=O)CCCCCCCCC/C=C\CCCCCCCCC. The van der Waals surface area contributed by atoms with Crippen molar-refractivity contribution in [2.24, 2.45) is 0 Å². The van der Waals surface area contributed by atoms with Crippen LogP contribution < -0.4 is 0 Å². The number of ether oxygens (including phenoxy) is 3. The molecule has 0 rings (SSSR count). The summed E-state index contributed by atoms with van der Waals surface area (Å²) < 4.78 is 16.9. The molecular weight excluding hydrogens is 853 g/mol. The fourth-order valence-electron chi connectivity index (χ4n) is 8.97. The van der Waals surface area contributed by atoms with Crippen molar-refractivity contribution >= 4 is 17.9 Å². The monoisotopic (exact) mass is 969 g/mol. The Morgan fingerprint density at radius 2 is 0.507 bits per heavy atom. The summed E-state index contributed by atoms with van der Waals surface area (Å²) in [6.07, 6.45) is 70.1. The molecule has 6 heteroatoms. The normalized spacial score (nSPS) is 12.2. The van der Waals surface area contributed by atoms with Gasteiger partial charge in [0.25, 0.3) is 0 Å². The van der Waals surface area contributed by atoms with Crippen molar-refractivity contribution in [1.29, 1.82) is 0 Å². The minimum Gasteiger partial charge on any atom is -0.462 e. The number of hydrogen-bond acceptors (Lipinski definition) is 6. The summed E-state index contributed by atoms with van der Waals surface area (Å²) in [5.74, 6) is -0.874. The Morgan fingerprint density at radius 1 is 0.275 bits per heavy atom. The molecule has 0 radical (unpaired) electrons. The van der Waals surface area contributed by atoms with E-state index in [9.17, 15) is 14.4 Å². The van der Waals surface area contributed by atoms with Gasteiger partial charge in [0.05, 0.1) is 0 Å². The van der Waals surface area contributed by atoms with Crippen LogP contribution in [0.2, 0.25) is 0 Å². The maximum atomic E-state index is 12.9. The zero-order valence-corrected chi connectivity index (χ0v) is 46.3. The molecule has 0 saturated carbocycles. The number of carbonyl (C=O) groups is 3. The topological polar surface area (TPSA) is 78.9 Å². The molecule has 0 saturated heterocycles. The molecule has 0 aliphatic rings. The average Bonchev–Trinajstić information content (AvgIpc) is 3.35. The molecule has 0 fully saturated rings. The molecule has 0 spiro atoms. The highest BCUT2D eigenvalue weighted by Crippen LogP contribution is 2.16. The Hall–Kier alpha value is -2.37. The van der Waals surface area contributed by atoms with Crippen LogP contribution in [0.3, 0.4) is 0 Å². The van der Waals surface area contributed by atoms with Crippen molar-refractivity contribution in [3.63, 3.8) is 0 Å². The first-order valence-corrected chi connectivity index (χ1v) is 30.5. The summed E-state index contributed by atoms with van der Waals surface area (Å²) in [6.45, 7) is 6.61. The molecular formula is C63H116O6. The highest BCUT2D eigenvalue weighted by atomic mass is 16.6. The van der Waals surface area contributed by atoms with Crippen LogP contribution in [-0.4, -0.2) is 37.2 Å². The zero-order chi connectivity index (χ0) is 50.0. The molecule has 69 heavy (non-hydrogen) atoms. The smallest absolute Gasteiger partial charge is 0.306 e. The van der Waals surface area contributed by atoms with E-state index in [0.717, 1.165) is 70.6 Å². The van der Waals surface area contributed by atoms with Gasteiger partial charge in [-0.3, -0.25) is 14.4 Å². The summed E-state index contributed by atoms with van der Waals surface area (Å²) in [5, 5.41) is 0. The second-order valence-corrected chi connectivity index (χ2v) is 20.6. The maximum Gasteiger partial charge on any atom is 0.306 e. The fourth-order valence-corrected chi connectivity index (χ4v) is 8.97. The molecule has 0 aromatic rings. The molecule has 0 aliphatic heterocycles. The van der Waals surface area contributed by atoms with E-state index in [4.69, 9.17) is 14.2 Å². The molecule has 0 heterocycles. The van der Waals surface area contributed by atoms with E-state index in [2.05, 4.69) is 57.2 Å². The van der Waals surface area contributed by atoms with E-state index in [1.807, 2.05) is 0 Å². The Morgan fingerprint density at radius 3 is 0.783 bits per heavy atom. The third-order valence-electron chi connectivity index (χ3n) is 13.6. The van der Waals surface area contributed by atoms with Crippen molar-refractivity contribution in [2.45, 2.75) is 335 Å². The Labute approximate surface area is 429 Å². The minimum atomic E-state index is -0.776. The van der Waals surface area contributed by atoms with Gasteiger partial charge in [-0.05, 0) is 89.9 Å². The lowest BCUT2D eigenvalue weighted by Crippen LogP contribution is -2.30. The maximum absolute atomic E-state index is 12.9. The van der Waals surface area contributed by atoms with Gasteiger partial charge in [-0.25, -0.2) is 0 Å². The molecule has 0 aromatic heterocycles. The van der Waals surface area contributed by atoms with E-state index in [1.54, 1.807) is 0 Å². The van der Waals surface area contributed by atoms with E-state index in [0.29, 0.717) is 19.3 Å². The predicted octanol–water partition coefficient (Wildman–Crippen LogP) is 20.4. The zero-order valence-electron chi connectivity index (χ0n) is 46.3. The van der Waals surface area contributed by atoms with Gasteiger partial charge in [0, 0.05) is 19.3 Å². The van der Waals surface area contributed by atoms with E-state index >= 15 is 0 Å². The summed E-state index contributed by atoms with van der Waals surface area (Å²) in [7, 11) is 0. The van der Waals surface area contributed by atoms with Gasteiger partial charge in [-0.15, -0.1) is 0 Å². The van der Waals surface area contributed by atoms with Gasteiger partial charge >= 0.3 is 17.9 Å². The van der Waals surface area contributed by atoms with Crippen molar-refractivity contribution < 1.29 is 28.6 Å². The van der Waals surface area contributed by atoms with Gasteiger partial charge in [0.2, 0.25) is 0 Å². The first-order chi connectivity index (χ1) is 34.0. The van der Waals surface area contributed by atoms with Gasteiger partial charge in [-0.2, -0.15) is 0 Å². The molecule has 0 aliphatic carbocycles. The first-order valence-electron chi connectivity index (χ1n) is 30.5. The number of allylic oxidation sites excluding steroid dienone is 6. The lowest BCUT2D eigenvalue weighted by Gasteiger charge is -2.18. The van der Waals surface area contributed by atoms with Crippen LogP contribution >= 0.6 is 0 Å². The van der Waals surface area contributed by atoms with Gasteiger partial charge in [0.1, 0.15) is 13.2 Å². The van der Waals surface area contributed by atoms with Crippen molar-refractivity contribution in [3.8, 4) is 0 Å². The minimum absolute atomic E-state index is 0.0745. The fraction of sp³-hybridized carbons (Fsp3) is 0.857. The lowest BCUT2D eigenvalue weighted by molar-refractivity contribution is -0.167. The van der Waals surface area contributed by atoms with E-state index < -0.39 is 6.10 Å². The number of rotatable bonds is 56. The van der Waals surface area contributed by atoms with Crippen LogP contribution in [0.1, 0.15) is 329 Å². The van der Waals surface area contributed by atoms with Crippen LogP contribution in [0.25, 0.3) is 0 Å². The number of hydrogen-bond donors (Lipinski definition) is 0. The van der Waals surface area contributed by atoms with Crippen LogP contribution in [0.5, 0.6) is 0 Å². The number of unbranched alkanes of at least 4 members (excludes halogenated alkanes) is 39. The lowest BCUT2D eigenvalue weighted by atomic mass is 10.0. The third-order valence-corrected chi connectivity index (χ3v) is 13.6. The largest absolute Gasteiger partial charge is 0.462 e. The molecule has 0 amide bonds. The molecule has 0 N–H and O–H groups in total. The standard InChI is InChI=1S/C63H116O6/c1-4-7-10-13-16-19-22-24-26-28-30-31-32-33-34-36-37-39-41-44-47-50-53-56-62(65)68-59-60(58-67-61(64)55-52-49-46-43-21-18-15-12-9-6-3)69-63(66)57-54-51-48-45-42-40-38-35-29-27-25-23-20-17-14-11-8-5-2/h12,15,27-30,60H,4-11,13-14,16-26,31-59H2,1-3H3/b15-12-,29-27-,30-28-. The number of carbonyl (C=O) groups excluding carboxylic acids is 3. The Balaban J connectivity index is 4.23. The third kappa shape index (κ3) is 56.4. The Bertz CT molecular complexity index is 1160. The molecule has 404 valence electrons. The summed E-state index contributed by atoms with van der Waals surface area (Å²) in [5.41, 5.74) is 0. The van der Waals surface area contributed by atoms with Crippen molar-refractivity contribution in [2.75, 3.05) is 13.2 Å². The first kappa shape index (κ1) is 66.6. The molecule has 0 aromatic carbocycles. The average molecular weight is 970 g/mol. The second kappa shape index (κ2) is 58.2. The summed E-state index contributed by atoms with van der Waals surface area (Å²) >= 11 is 0. The molecule has 6 nitrogen and oxygen atoms in total. The van der Waals surface area contributed by atoms with Crippen LogP contribution in [0.4, 0.5) is 0 Å². The van der Waals surface area contributed by atoms with Gasteiger partial charge < -0.3 is 14.2 Å². The molecule has 1 atom stereocenters.